The minimum Gasteiger partial charge on any atom is -0.413 e. The maximum absolute atomic E-state index is 5.99. The van der Waals surface area contributed by atoms with E-state index in [4.69, 9.17) is 9.16 Å². The SMILES string of the molecule is C=Cc1ccccc1CO[SiH](CC)COCC. The van der Waals surface area contributed by atoms with Gasteiger partial charge in [0.05, 0.1) is 12.8 Å². The third-order valence-electron chi connectivity index (χ3n) is 2.71. The molecule has 1 aromatic carbocycles. The van der Waals surface area contributed by atoms with Gasteiger partial charge < -0.3 is 9.16 Å². The molecule has 0 aliphatic rings. The molecule has 0 aliphatic carbocycles. The van der Waals surface area contributed by atoms with Crippen molar-refractivity contribution >= 4 is 15.1 Å². The Kier molecular flexibility index (Phi) is 6.85. The van der Waals surface area contributed by atoms with E-state index in [0.717, 1.165) is 24.4 Å². The Morgan fingerprint density at radius 2 is 2.06 bits per heavy atom. The second kappa shape index (κ2) is 8.23. The molecule has 1 aromatic rings. The first kappa shape index (κ1) is 14.2. The average Bonchev–Trinajstić information content (AvgIpc) is 2.39. The maximum Gasteiger partial charge on any atom is 0.202 e. The lowest BCUT2D eigenvalue weighted by atomic mass is 10.1. The summed E-state index contributed by atoms with van der Waals surface area (Å²) in [5.74, 6) is 0. The van der Waals surface area contributed by atoms with Crippen molar-refractivity contribution in [2.75, 3.05) is 12.8 Å². The lowest BCUT2D eigenvalue weighted by Gasteiger charge is -2.15. The van der Waals surface area contributed by atoms with E-state index < -0.39 is 9.04 Å². The van der Waals surface area contributed by atoms with E-state index in [1.54, 1.807) is 0 Å². The molecule has 17 heavy (non-hydrogen) atoms. The molecule has 0 fully saturated rings. The second-order valence-corrected chi connectivity index (χ2v) is 6.63. The van der Waals surface area contributed by atoms with Gasteiger partial charge in [0, 0.05) is 6.61 Å². The summed E-state index contributed by atoms with van der Waals surface area (Å²) in [7, 11) is -1.19. The highest BCUT2D eigenvalue weighted by molar-refractivity contribution is 6.51. The molecular weight excluding hydrogens is 228 g/mol. The number of ether oxygens (including phenoxy) is 1. The van der Waals surface area contributed by atoms with Crippen LogP contribution in [0.1, 0.15) is 25.0 Å². The molecule has 2 nitrogen and oxygen atoms in total. The first-order valence-electron chi connectivity index (χ1n) is 6.21. The topological polar surface area (TPSA) is 18.5 Å². The van der Waals surface area contributed by atoms with Crippen molar-refractivity contribution in [2.45, 2.75) is 26.5 Å². The Bertz CT molecular complexity index is 339. The summed E-state index contributed by atoms with van der Waals surface area (Å²) in [5.41, 5.74) is 2.37. The van der Waals surface area contributed by atoms with Crippen LogP contribution < -0.4 is 0 Å². The van der Waals surface area contributed by atoms with Crippen molar-refractivity contribution in [1.82, 2.24) is 0 Å². The van der Waals surface area contributed by atoms with Gasteiger partial charge in [-0.2, -0.15) is 0 Å². The van der Waals surface area contributed by atoms with Gasteiger partial charge in [-0.25, -0.2) is 0 Å². The summed E-state index contributed by atoms with van der Waals surface area (Å²) in [5, 5.41) is 0. The normalized spacial score (nSPS) is 12.4. The molecular formula is C14H22O2Si. The molecule has 0 spiro atoms. The van der Waals surface area contributed by atoms with Gasteiger partial charge in [0.15, 0.2) is 0 Å². The van der Waals surface area contributed by atoms with E-state index in [-0.39, 0.29) is 0 Å². The zero-order valence-electron chi connectivity index (χ0n) is 10.8. The van der Waals surface area contributed by atoms with Crippen LogP contribution in [0.5, 0.6) is 0 Å². The molecule has 0 aliphatic heterocycles. The number of rotatable bonds is 8. The highest BCUT2D eigenvalue weighted by atomic mass is 28.3. The predicted octanol–water partition coefficient (Wildman–Crippen LogP) is 3.17. The summed E-state index contributed by atoms with van der Waals surface area (Å²) in [6.45, 7) is 9.47. The molecule has 0 saturated carbocycles. The van der Waals surface area contributed by atoms with Gasteiger partial charge in [-0.15, -0.1) is 0 Å². The van der Waals surface area contributed by atoms with Crippen LogP contribution in [0.3, 0.4) is 0 Å². The minimum atomic E-state index is -1.19. The quantitative estimate of drug-likeness (QED) is 0.660. The third kappa shape index (κ3) is 4.85. The smallest absolute Gasteiger partial charge is 0.202 e. The lowest BCUT2D eigenvalue weighted by Crippen LogP contribution is -2.24. The largest absolute Gasteiger partial charge is 0.413 e. The van der Waals surface area contributed by atoms with Crippen LogP contribution in [0.4, 0.5) is 0 Å². The van der Waals surface area contributed by atoms with E-state index >= 15 is 0 Å². The fraction of sp³-hybridized carbons (Fsp3) is 0.429. The molecule has 0 heterocycles. The van der Waals surface area contributed by atoms with Crippen LogP contribution in [0, 0.1) is 0 Å². The Morgan fingerprint density at radius 3 is 2.71 bits per heavy atom. The molecule has 1 unspecified atom stereocenters. The molecule has 3 heteroatoms. The van der Waals surface area contributed by atoms with Crippen LogP contribution in [0.15, 0.2) is 30.8 Å². The van der Waals surface area contributed by atoms with E-state index in [2.05, 4.69) is 25.6 Å². The first-order valence-corrected chi connectivity index (χ1v) is 8.31. The summed E-state index contributed by atoms with van der Waals surface area (Å²) in [6.07, 6.45) is 2.69. The monoisotopic (exact) mass is 250 g/mol. The van der Waals surface area contributed by atoms with Gasteiger partial charge in [-0.1, -0.05) is 43.8 Å². The lowest BCUT2D eigenvalue weighted by molar-refractivity contribution is 0.169. The van der Waals surface area contributed by atoms with Crippen LogP contribution in [0.2, 0.25) is 6.04 Å². The average molecular weight is 250 g/mol. The van der Waals surface area contributed by atoms with E-state index in [9.17, 15) is 0 Å². The van der Waals surface area contributed by atoms with Crippen molar-refractivity contribution < 1.29 is 9.16 Å². The molecule has 0 saturated heterocycles. The Labute approximate surface area is 106 Å². The molecule has 0 aromatic heterocycles. The van der Waals surface area contributed by atoms with Gasteiger partial charge in [0.1, 0.15) is 0 Å². The van der Waals surface area contributed by atoms with Crippen LogP contribution in [0.25, 0.3) is 6.08 Å². The van der Waals surface area contributed by atoms with Crippen molar-refractivity contribution in [3.63, 3.8) is 0 Å². The predicted molar refractivity (Wildman–Crippen MR) is 75.4 cm³/mol. The Balaban J connectivity index is 2.50. The number of hydrogen-bond acceptors (Lipinski definition) is 2. The number of hydrogen-bond donors (Lipinski definition) is 0. The van der Waals surface area contributed by atoms with E-state index in [0.29, 0.717) is 6.61 Å². The first-order chi connectivity index (χ1) is 8.31. The van der Waals surface area contributed by atoms with Crippen LogP contribution >= 0.6 is 0 Å². The Hall–Kier alpha value is -0.903. The second-order valence-electron chi connectivity index (χ2n) is 3.90. The van der Waals surface area contributed by atoms with E-state index in [1.165, 1.54) is 5.56 Å². The van der Waals surface area contributed by atoms with Crippen molar-refractivity contribution in [3.8, 4) is 0 Å². The molecule has 0 N–H and O–H groups in total. The molecule has 0 amide bonds. The van der Waals surface area contributed by atoms with Crippen molar-refractivity contribution in [2.24, 2.45) is 0 Å². The standard InChI is InChI=1S/C14H22O2Si/c1-4-13-9-7-8-10-14(13)11-16-17(6-3)12-15-5-2/h4,7-10,17H,1,5-6,11-12H2,2-3H3. The fourth-order valence-corrected chi connectivity index (χ4v) is 3.09. The van der Waals surface area contributed by atoms with Gasteiger partial charge in [0.25, 0.3) is 0 Å². The molecule has 0 bridgehead atoms. The summed E-state index contributed by atoms with van der Waals surface area (Å²) in [6, 6.07) is 9.33. The highest BCUT2D eigenvalue weighted by Gasteiger charge is 2.10. The van der Waals surface area contributed by atoms with Crippen LogP contribution in [-0.2, 0) is 15.8 Å². The zero-order chi connectivity index (χ0) is 12.5. The molecule has 94 valence electrons. The highest BCUT2D eigenvalue weighted by Crippen LogP contribution is 2.12. The summed E-state index contributed by atoms with van der Waals surface area (Å²) >= 11 is 0. The van der Waals surface area contributed by atoms with Crippen LogP contribution in [-0.4, -0.2) is 21.9 Å². The number of benzene rings is 1. The van der Waals surface area contributed by atoms with Crippen molar-refractivity contribution in [3.05, 3.63) is 42.0 Å². The van der Waals surface area contributed by atoms with Gasteiger partial charge in [-0.05, 0) is 24.1 Å². The molecule has 1 atom stereocenters. The van der Waals surface area contributed by atoms with E-state index in [1.807, 2.05) is 25.1 Å². The minimum absolute atomic E-state index is 0.681. The molecule has 1 rings (SSSR count). The maximum atomic E-state index is 5.99. The molecule has 0 radical (unpaired) electrons. The van der Waals surface area contributed by atoms with Gasteiger partial charge in [-0.3, -0.25) is 0 Å². The fourth-order valence-electron chi connectivity index (χ4n) is 1.61. The zero-order valence-corrected chi connectivity index (χ0v) is 12.0. The Morgan fingerprint density at radius 1 is 1.29 bits per heavy atom. The third-order valence-corrected chi connectivity index (χ3v) is 4.87. The summed E-state index contributed by atoms with van der Waals surface area (Å²) in [4.78, 5) is 0. The van der Waals surface area contributed by atoms with Gasteiger partial charge >= 0.3 is 0 Å². The van der Waals surface area contributed by atoms with Gasteiger partial charge in [0.2, 0.25) is 9.04 Å². The van der Waals surface area contributed by atoms with Crippen molar-refractivity contribution in [1.29, 1.82) is 0 Å². The summed E-state index contributed by atoms with van der Waals surface area (Å²) < 4.78 is 11.4.